The summed E-state index contributed by atoms with van der Waals surface area (Å²) in [5.41, 5.74) is 1.54. The van der Waals surface area contributed by atoms with Crippen molar-refractivity contribution in [3.63, 3.8) is 0 Å². The van der Waals surface area contributed by atoms with Crippen molar-refractivity contribution in [3.05, 3.63) is 23.3 Å². The number of nitrogens with zero attached hydrogens (tertiary/aromatic N) is 3. The van der Waals surface area contributed by atoms with E-state index in [4.69, 9.17) is 4.74 Å². The summed E-state index contributed by atoms with van der Waals surface area (Å²) < 4.78 is 59.2. The maximum absolute atomic E-state index is 13.3. The highest BCUT2D eigenvalue weighted by Gasteiger charge is 2.34. The summed E-state index contributed by atoms with van der Waals surface area (Å²) in [5, 5.41) is 0. The minimum absolute atomic E-state index is 0.107. The van der Waals surface area contributed by atoms with Gasteiger partial charge in [0.2, 0.25) is 20.0 Å². The van der Waals surface area contributed by atoms with Crippen LogP contribution in [0.25, 0.3) is 0 Å². The van der Waals surface area contributed by atoms with E-state index in [0.717, 1.165) is 6.42 Å². The summed E-state index contributed by atoms with van der Waals surface area (Å²) >= 11 is 0. The van der Waals surface area contributed by atoms with Gasteiger partial charge in [0.15, 0.2) is 0 Å². The van der Waals surface area contributed by atoms with Crippen LogP contribution in [0.5, 0.6) is 0 Å². The Labute approximate surface area is 178 Å². The molecule has 11 heteroatoms. The van der Waals surface area contributed by atoms with E-state index in [2.05, 4.69) is 0 Å². The molecular formula is C19H29N3O6S2. The van der Waals surface area contributed by atoms with Crippen molar-refractivity contribution < 1.29 is 26.4 Å². The Morgan fingerprint density at radius 3 is 2.17 bits per heavy atom. The second-order valence-electron chi connectivity index (χ2n) is 7.59. The fraction of sp³-hybridized carbons (Fsp3) is 0.632. The van der Waals surface area contributed by atoms with Gasteiger partial charge in [0.25, 0.3) is 0 Å². The van der Waals surface area contributed by atoms with Crippen molar-refractivity contribution in [2.45, 2.75) is 38.5 Å². The first-order valence-corrected chi connectivity index (χ1v) is 13.2. The summed E-state index contributed by atoms with van der Waals surface area (Å²) in [7, 11) is -7.15. The van der Waals surface area contributed by atoms with Crippen molar-refractivity contribution >= 4 is 31.8 Å². The highest BCUT2D eigenvalue weighted by Crippen LogP contribution is 2.32. The molecule has 2 saturated heterocycles. The molecule has 30 heavy (non-hydrogen) atoms. The number of carbonyl (C=O) groups is 1. The Hall–Kier alpha value is -1.85. The molecule has 0 saturated carbocycles. The van der Waals surface area contributed by atoms with Crippen molar-refractivity contribution in [3.8, 4) is 0 Å². The predicted molar refractivity (Wildman–Crippen MR) is 114 cm³/mol. The molecule has 1 amide bonds. The molecule has 2 aliphatic heterocycles. The van der Waals surface area contributed by atoms with Gasteiger partial charge < -0.3 is 9.64 Å². The van der Waals surface area contributed by atoms with Crippen LogP contribution in [0.15, 0.2) is 17.0 Å². The van der Waals surface area contributed by atoms with Crippen LogP contribution in [0.3, 0.4) is 0 Å². The Morgan fingerprint density at radius 2 is 1.63 bits per heavy atom. The molecule has 0 unspecified atom stereocenters. The minimum Gasteiger partial charge on any atom is -0.450 e. The van der Waals surface area contributed by atoms with Crippen molar-refractivity contribution in [1.29, 1.82) is 0 Å². The van der Waals surface area contributed by atoms with Crippen LogP contribution >= 0.6 is 0 Å². The molecule has 1 aromatic rings. The average molecular weight is 460 g/mol. The Morgan fingerprint density at radius 1 is 1.03 bits per heavy atom. The Kier molecular flexibility index (Phi) is 6.63. The number of aryl methyl sites for hydroxylation is 2. The average Bonchev–Trinajstić information content (AvgIpc) is 2.67. The molecule has 2 heterocycles. The molecule has 0 aliphatic carbocycles. The number of hydrogen-bond donors (Lipinski definition) is 0. The van der Waals surface area contributed by atoms with Crippen LogP contribution in [0, 0.1) is 13.8 Å². The maximum Gasteiger partial charge on any atom is 0.409 e. The molecular weight excluding hydrogens is 430 g/mol. The van der Waals surface area contributed by atoms with Gasteiger partial charge in [0.05, 0.1) is 22.9 Å². The molecule has 0 N–H and O–H groups in total. The van der Waals surface area contributed by atoms with Crippen molar-refractivity contribution in [2.75, 3.05) is 49.4 Å². The molecule has 1 aromatic carbocycles. The standard InChI is InChI=1S/C19H29N3O6S2/c1-4-28-19(23)20-8-10-21(11-9-20)30(26,27)18-15(2)13-17(14-16(18)3)22-7-5-6-12-29(22,24)25/h13-14H,4-12H2,1-3H3. The van der Waals surface area contributed by atoms with Gasteiger partial charge in [-0.2, -0.15) is 4.31 Å². The number of amides is 1. The smallest absolute Gasteiger partial charge is 0.409 e. The van der Waals surface area contributed by atoms with Gasteiger partial charge in [-0.1, -0.05) is 0 Å². The topological polar surface area (TPSA) is 104 Å². The SMILES string of the molecule is CCOC(=O)N1CCN(S(=O)(=O)c2c(C)cc(N3CCCCS3(=O)=O)cc2C)CC1. The van der Waals surface area contributed by atoms with Crippen LogP contribution < -0.4 is 4.31 Å². The molecule has 9 nitrogen and oxygen atoms in total. The summed E-state index contributed by atoms with van der Waals surface area (Å²) in [6.45, 7) is 6.68. The second kappa shape index (κ2) is 8.72. The third-order valence-electron chi connectivity index (χ3n) is 5.44. The van der Waals surface area contributed by atoms with E-state index in [1.807, 2.05) is 0 Å². The summed E-state index contributed by atoms with van der Waals surface area (Å²) in [6.07, 6.45) is 0.984. The summed E-state index contributed by atoms with van der Waals surface area (Å²) in [6, 6.07) is 3.27. The van der Waals surface area contributed by atoms with Crippen LogP contribution in [-0.2, 0) is 24.8 Å². The van der Waals surface area contributed by atoms with E-state index >= 15 is 0 Å². The first-order valence-electron chi connectivity index (χ1n) is 10.1. The number of rotatable bonds is 4. The summed E-state index contributed by atoms with van der Waals surface area (Å²) in [4.78, 5) is 13.6. The van der Waals surface area contributed by atoms with Crippen LogP contribution in [-0.4, -0.2) is 77.2 Å². The lowest BCUT2D eigenvalue weighted by Gasteiger charge is -2.34. The first kappa shape index (κ1) is 22.8. The largest absolute Gasteiger partial charge is 0.450 e. The van der Waals surface area contributed by atoms with E-state index in [0.29, 0.717) is 29.8 Å². The molecule has 2 aliphatic rings. The molecule has 0 radical (unpaired) electrons. The molecule has 0 bridgehead atoms. The fourth-order valence-electron chi connectivity index (χ4n) is 4.01. The van der Waals surface area contributed by atoms with Gasteiger partial charge in [0.1, 0.15) is 0 Å². The first-order chi connectivity index (χ1) is 14.1. The second-order valence-corrected chi connectivity index (χ2v) is 11.5. The molecule has 3 rings (SSSR count). The molecule has 0 atom stereocenters. The molecule has 0 spiro atoms. The van der Waals surface area contributed by atoms with Crippen molar-refractivity contribution in [1.82, 2.24) is 9.21 Å². The summed E-state index contributed by atoms with van der Waals surface area (Å²) in [5.74, 6) is 0.107. The van der Waals surface area contributed by atoms with Gasteiger partial charge in [-0.3, -0.25) is 4.31 Å². The van der Waals surface area contributed by atoms with Gasteiger partial charge in [-0.25, -0.2) is 21.6 Å². The van der Waals surface area contributed by atoms with E-state index < -0.39 is 26.1 Å². The van der Waals surface area contributed by atoms with Crippen LogP contribution in [0.4, 0.5) is 10.5 Å². The van der Waals surface area contributed by atoms with Gasteiger partial charge in [0, 0.05) is 32.7 Å². The van der Waals surface area contributed by atoms with Crippen LogP contribution in [0.1, 0.15) is 30.9 Å². The maximum atomic E-state index is 13.3. The van der Waals surface area contributed by atoms with E-state index in [1.54, 1.807) is 32.9 Å². The highest BCUT2D eigenvalue weighted by molar-refractivity contribution is 7.92. The van der Waals surface area contributed by atoms with Crippen molar-refractivity contribution in [2.24, 2.45) is 0 Å². The zero-order valence-electron chi connectivity index (χ0n) is 17.6. The van der Waals surface area contributed by atoms with Gasteiger partial charge >= 0.3 is 6.09 Å². The minimum atomic E-state index is -3.77. The normalized spacial score (nSPS) is 20.2. The van der Waals surface area contributed by atoms with E-state index in [-0.39, 0.29) is 43.4 Å². The van der Waals surface area contributed by atoms with Gasteiger partial charge in [-0.15, -0.1) is 0 Å². The third-order valence-corrected chi connectivity index (χ3v) is 9.52. The number of benzene rings is 1. The zero-order valence-corrected chi connectivity index (χ0v) is 19.3. The van der Waals surface area contributed by atoms with E-state index in [9.17, 15) is 21.6 Å². The lowest BCUT2D eigenvalue weighted by Crippen LogP contribution is -2.50. The number of piperazine rings is 1. The fourth-order valence-corrected chi connectivity index (χ4v) is 7.47. The Bertz CT molecular complexity index is 992. The van der Waals surface area contributed by atoms with Crippen LogP contribution in [0.2, 0.25) is 0 Å². The molecule has 2 fully saturated rings. The highest BCUT2D eigenvalue weighted by atomic mass is 32.2. The Balaban J connectivity index is 1.84. The number of carbonyl (C=O) groups excluding carboxylic acids is 1. The molecule has 0 aromatic heterocycles. The lowest BCUT2D eigenvalue weighted by atomic mass is 10.1. The number of hydrogen-bond acceptors (Lipinski definition) is 6. The quantitative estimate of drug-likeness (QED) is 0.679. The third kappa shape index (κ3) is 4.42. The van der Waals surface area contributed by atoms with E-state index in [1.165, 1.54) is 13.5 Å². The zero-order chi connectivity index (χ0) is 22.1. The number of ether oxygens (including phenoxy) is 1. The number of anilines is 1. The molecule has 168 valence electrons. The lowest BCUT2D eigenvalue weighted by molar-refractivity contribution is 0.0934. The van der Waals surface area contributed by atoms with Gasteiger partial charge in [-0.05, 0) is 56.9 Å². The number of sulfonamides is 2. The monoisotopic (exact) mass is 459 g/mol. The predicted octanol–water partition coefficient (Wildman–Crippen LogP) is 1.70.